The number of amides is 1. The molecular formula is C28H30N2O6S. The van der Waals surface area contributed by atoms with E-state index in [0.717, 1.165) is 27.3 Å². The number of fused-ring (bicyclic) bond motifs is 1. The number of carbonyl (C=O) groups excluding carboxylic acids is 1. The third-order valence-electron chi connectivity index (χ3n) is 6.17. The quantitative estimate of drug-likeness (QED) is 0.331. The Morgan fingerprint density at radius 2 is 1.97 bits per heavy atom. The van der Waals surface area contributed by atoms with Crippen LogP contribution in [0.2, 0.25) is 0 Å². The lowest BCUT2D eigenvalue weighted by molar-refractivity contribution is -0.149. The van der Waals surface area contributed by atoms with E-state index < -0.39 is 12.1 Å². The molecule has 0 radical (unpaired) electrons. The van der Waals surface area contributed by atoms with Gasteiger partial charge in [0.1, 0.15) is 12.4 Å². The topological polar surface area (TPSA) is 109 Å². The third kappa shape index (κ3) is 6.81. The molecule has 0 fully saturated rings. The number of carbonyl (C=O) groups is 2. The summed E-state index contributed by atoms with van der Waals surface area (Å²) in [7, 11) is 0. The number of ether oxygens (including phenoxy) is 2. The zero-order valence-corrected chi connectivity index (χ0v) is 21.4. The molecule has 9 heteroatoms. The Kier molecular flexibility index (Phi) is 9.03. The fourth-order valence-corrected chi connectivity index (χ4v) is 5.21. The number of nitrogens with zero attached hydrogens (tertiary/aromatic N) is 2. The van der Waals surface area contributed by atoms with E-state index in [-0.39, 0.29) is 12.3 Å². The van der Waals surface area contributed by atoms with Gasteiger partial charge < -0.3 is 24.7 Å². The Labute approximate surface area is 220 Å². The van der Waals surface area contributed by atoms with Crippen molar-refractivity contribution in [2.45, 2.75) is 37.2 Å². The van der Waals surface area contributed by atoms with Crippen LogP contribution in [-0.2, 0) is 27.2 Å². The van der Waals surface area contributed by atoms with Gasteiger partial charge in [-0.3, -0.25) is 4.79 Å². The van der Waals surface area contributed by atoms with Crippen LogP contribution in [0.1, 0.15) is 24.5 Å². The third-order valence-corrected chi connectivity index (χ3v) is 7.22. The summed E-state index contributed by atoms with van der Waals surface area (Å²) in [6.45, 7) is 2.82. The van der Waals surface area contributed by atoms with Crippen LogP contribution in [0.15, 0.2) is 76.3 Å². The largest absolute Gasteiger partial charge is 0.492 e. The van der Waals surface area contributed by atoms with Crippen molar-refractivity contribution in [1.82, 2.24) is 0 Å². The molecule has 8 nitrogen and oxygen atoms in total. The number of aliphatic carboxylic acids is 1. The van der Waals surface area contributed by atoms with Crippen molar-refractivity contribution in [2.24, 2.45) is 5.16 Å². The fourth-order valence-electron chi connectivity index (χ4n) is 4.29. The molecular weight excluding hydrogens is 492 g/mol. The molecule has 0 aromatic heterocycles. The molecule has 0 saturated carbocycles. The maximum Gasteiger partial charge on any atom is 0.333 e. The Morgan fingerprint density at radius 3 is 2.70 bits per heavy atom. The van der Waals surface area contributed by atoms with Crippen LogP contribution >= 0.6 is 11.8 Å². The Hall–Kier alpha value is -3.56. The van der Waals surface area contributed by atoms with E-state index in [1.165, 1.54) is 11.8 Å². The number of anilines is 1. The van der Waals surface area contributed by atoms with E-state index in [9.17, 15) is 19.9 Å². The van der Waals surface area contributed by atoms with Crippen LogP contribution < -0.4 is 9.64 Å². The van der Waals surface area contributed by atoms with Crippen LogP contribution in [0.5, 0.6) is 5.75 Å². The molecule has 2 aromatic carbocycles. The molecule has 2 aliphatic rings. The number of thioether (sulfide) groups is 1. The van der Waals surface area contributed by atoms with Gasteiger partial charge >= 0.3 is 5.97 Å². The van der Waals surface area contributed by atoms with Gasteiger partial charge in [-0.25, -0.2) is 4.79 Å². The molecule has 1 unspecified atom stereocenters. The Bertz CT molecular complexity index is 1220. The van der Waals surface area contributed by atoms with E-state index in [0.29, 0.717) is 49.8 Å². The molecule has 2 aromatic rings. The second-order valence-corrected chi connectivity index (χ2v) is 9.68. The van der Waals surface area contributed by atoms with Crippen LogP contribution in [0, 0.1) is 0 Å². The fraction of sp³-hybridized carbons (Fsp3) is 0.321. The maximum atomic E-state index is 12.8. The van der Waals surface area contributed by atoms with Gasteiger partial charge in [-0.1, -0.05) is 41.6 Å². The first-order valence-electron chi connectivity index (χ1n) is 12.2. The highest BCUT2D eigenvalue weighted by molar-refractivity contribution is 8.00. The summed E-state index contributed by atoms with van der Waals surface area (Å²) >= 11 is 1.53. The molecule has 0 spiro atoms. The maximum absolute atomic E-state index is 12.8. The number of hydrogen-bond donors (Lipinski definition) is 2. The molecule has 1 atom stereocenters. The summed E-state index contributed by atoms with van der Waals surface area (Å²) in [5.74, 6) is 0.0713. The lowest BCUT2D eigenvalue weighted by Crippen LogP contribution is -2.38. The van der Waals surface area contributed by atoms with E-state index in [1.807, 2.05) is 48.6 Å². The molecule has 4 rings (SSSR count). The highest BCUT2D eigenvalue weighted by atomic mass is 32.2. The Morgan fingerprint density at radius 1 is 1.19 bits per heavy atom. The minimum absolute atomic E-state index is 0.0293. The first kappa shape index (κ1) is 26.5. The minimum Gasteiger partial charge on any atom is -0.492 e. The van der Waals surface area contributed by atoms with Crippen LogP contribution in [0.3, 0.4) is 0 Å². The number of benzene rings is 2. The lowest BCUT2D eigenvalue weighted by Gasteiger charge is -2.29. The number of carboxylic acid groups (broad SMARTS) is 1. The summed E-state index contributed by atoms with van der Waals surface area (Å²) in [6, 6.07) is 13.4. The lowest BCUT2D eigenvalue weighted by atomic mass is 9.95. The van der Waals surface area contributed by atoms with Crippen molar-refractivity contribution >= 4 is 35.0 Å². The van der Waals surface area contributed by atoms with E-state index in [2.05, 4.69) is 5.16 Å². The van der Waals surface area contributed by atoms with Crippen molar-refractivity contribution in [1.29, 1.82) is 0 Å². The molecule has 194 valence electrons. The number of carboxylic acids is 1. The number of hydrogen-bond acceptors (Lipinski definition) is 7. The van der Waals surface area contributed by atoms with Crippen molar-refractivity contribution in [3.8, 4) is 5.75 Å². The van der Waals surface area contributed by atoms with Crippen LogP contribution in [0.4, 0.5) is 5.69 Å². The van der Waals surface area contributed by atoms with Gasteiger partial charge in [-0.05, 0) is 54.3 Å². The zero-order chi connectivity index (χ0) is 26.2. The van der Waals surface area contributed by atoms with Gasteiger partial charge in [0.2, 0.25) is 5.91 Å². The van der Waals surface area contributed by atoms with E-state index in [4.69, 9.17) is 9.47 Å². The summed E-state index contributed by atoms with van der Waals surface area (Å²) in [6.07, 6.45) is 6.47. The molecule has 37 heavy (non-hydrogen) atoms. The van der Waals surface area contributed by atoms with Gasteiger partial charge in [0.25, 0.3) is 0 Å². The number of oxime groups is 1. The summed E-state index contributed by atoms with van der Waals surface area (Å²) in [5.41, 5.74) is 4.34. The van der Waals surface area contributed by atoms with Gasteiger partial charge in [0, 0.05) is 24.3 Å². The molecule has 1 amide bonds. The van der Waals surface area contributed by atoms with Crippen molar-refractivity contribution in [2.75, 3.05) is 30.4 Å². The summed E-state index contributed by atoms with van der Waals surface area (Å²) in [5, 5.41) is 22.0. The monoisotopic (exact) mass is 522 g/mol. The average Bonchev–Trinajstić information content (AvgIpc) is 2.91. The van der Waals surface area contributed by atoms with E-state index >= 15 is 0 Å². The van der Waals surface area contributed by atoms with Gasteiger partial charge in [0.15, 0.2) is 6.10 Å². The first-order chi connectivity index (χ1) is 18.0. The van der Waals surface area contributed by atoms with Crippen LogP contribution in [-0.4, -0.2) is 59.5 Å². The molecule has 1 aliphatic carbocycles. The molecule has 1 heterocycles. The van der Waals surface area contributed by atoms with Gasteiger partial charge in [0.05, 0.1) is 23.7 Å². The Balaban J connectivity index is 1.39. The van der Waals surface area contributed by atoms with E-state index in [1.54, 1.807) is 24.0 Å². The van der Waals surface area contributed by atoms with Gasteiger partial charge in [-0.15, -0.1) is 11.8 Å². The number of allylic oxidation sites excluding steroid dienone is 4. The zero-order valence-electron chi connectivity index (χ0n) is 20.6. The van der Waals surface area contributed by atoms with Gasteiger partial charge in [-0.2, -0.15) is 0 Å². The highest BCUT2D eigenvalue weighted by Crippen LogP contribution is 2.36. The first-order valence-corrected chi connectivity index (χ1v) is 13.2. The molecule has 1 aliphatic heterocycles. The standard InChI is InChI=1S/C28H30N2O6S/c1-2-35-25(28(32)33)17-19-7-10-22(11-8-19)36-14-13-30-24-16-20(9-12-26(24)37-18-27(30)31)15-21-5-3-4-6-23(21)29-34/h3-5,7-12,16,25,34H,2,6,13-15,17-18H2,1H3,(H,32,33). The summed E-state index contributed by atoms with van der Waals surface area (Å²) < 4.78 is 11.2. The molecule has 0 bridgehead atoms. The molecule has 0 saturated heterocycles. The van der Waals surface area contributed by atoms with Crippen LogP contribution in [0.25, 0.3) is 0 Å². The second-order valence-electron chi connectivity index (χ2n) is 8.66. The second kappa shape index (κ2) is 12.6. The van der Waals surface area contributed by atoms with Crippen molar-refractivity contribution < 1.29 is 29.4 Å². The molecule has 2 N–H and O–H groups in total. The normalized spacial score (nSPS) is 16.9. The minimum atomic E-state index is -0.982. The van der Waals surface area contributed by atoms with Crippen molar-refractivity contribution in [3.05, 3.63) is 77.4 Å². The average molecular weight is 523 g/mol. The number of rotatable bonds is 11. The predicted octanol–water partition coefficient (Wildman–Crippen LogP) is 4.50. The predicted molar refractivity (Wildman–Crippen MR) is 143 cm³/mol. The smallest absolute Gasteiger partial charge is 0.333 e. The highest BCUT2D eigenvalue weighted by Gasteiger charge is 2.25. The SMILES string of the molecule is CCOC(Cc1ccc(OCCN2C(=O)CSc3ccc(CC4=CC=CCC4=NO)cc32)cc1)C(=O)O. The summed E-state index contributed by atoms with van der Waals surface area (Å²) in [4.78, 5) is 26.9. The van der Waals surface area contributed by atoms with Crippen molar-refractivity contribution in [3.63, 3.8) is 0 Å².